The van der Waals surface area contributed by atoms with Crippen molar-refractivity contribution in [2.45, 2.75) is 38.6 Å². The number of benzene rings is 1. The Morgan fingerprint density at radius 3 is 2.85 bits per heavy atom. The third kappa shape index (κ3) is 3.60. The molecule has 1 amide bonds. The average Bonchev–Trinajstić information content (AvgIpc) is 2.81. The van der Waals surface area contributed by atoms with Crippen molar-refractivity contribution in [1.29, 1.82) is 0 Å². The molecular formula is C15H18BrNO3. The molecule has 1 unspecified atom stereocenters. The van der Waals surface area contributed by atoms with Crippen LogP contribution in [0.4, 0.5) is 0 Å². The Morgan fingerprint density at radius 2 is 2.20 bits per heavy atom. The lowest BCUT2D eigenvalue weighted by Gasteiger charge is -2.23. The van der Waals surface area contributed by atoms with Crippen molar-refractivity contribution in [1.82, 2.24) is 4.90 Å². The van der Waals surface area contributed by atoms with E-state index in [1.807, 2.05) is 25.1 Å². The molecule has 4 nitrogen and oxygen atoms in total. The molecule has 0 aliphatic carbocycles. The molecule has 1 aromatic rings. The third-order valence-corrected chi connectivity index (χ3v) is 4.55. The largest absolute Gasteiger partial charge is 0.481 e. The summed E-state index contributed by atoms with van der Waals surface area (Å²) in [6.07, 6.45) is 2.05. The summed E-state index contributed by atoms with van der Waals surface area (Å²) in [5, 5.41) is 8.89. The Labute approximate surface area is 126 Å². The number of aliphatic carboxylic acids is 1. The summed E-state index contributed by atoms with van der Waals surface area (Å²) in [4.78, 5) is 24.9. The number of carboxylic acid groups (broad SMARTS) is 1. The first-order chi connectivity index (χ1) is 9.47. The molecular weight excluding hydrogens is 322 g/mol. The van der Waals surface area contributed by atoms with Gasteiger partial charge >= 0.3 is 5.97 Å². The van der Waals surface area contributed by atoms with E-state index < -0.39 is 5.97 Å². The molecule has 1 saturated heterocycles. The second-order valence-corrected chi connectivity index (χ2v) is 6.10. The fraction of sp³-hybridized carbons (Fsp3) is 0.467. The van der Waals surface area contributed by atoms with Crippen LogP contribution in [-0.2, 0) is 16.0 Å². The maximum atomic E-state index is 12.3. The van der Waals surface area contributed by atoms with Crippen LogP contribution >= 0.6 is 15.9 Å². The van der Waals surface area contributed by atoms with Gasteiger partial charge < -0.3 is 10.0 Å². The van der Waals surface area contributed by atoms with Gasteiger partial charge in [0.2, 0.25) is 5.91 Å². The van der Waals surface area contributed by atoms with Crippen LogP contribution < -0.4 is 0 Å². The summed E-state index contributed by atoms with van der Waals surface area (Å²) in [6.45, 7) is 2.67. The summed E-state index contributed by atoms with van der Waals surface area (Å²) >= 11 is 3.46. The number of carboxylic acids is 1. The normalized spacial score (nSPS) is 18.3. The van der Waals surface area contributed by atoms with E-state index in [4.69, 9.17) is 5.11 Å². The van der Waals surface area contributed by atoms with Gasteiger partial charge in [0, 0.05) is 17.1 Å². The first-order valence-corrected chi connectivity index (χ1v) is 7.53. The molecule has 1 aromatic carbocycles. The number of hydrogen-bond acceptors (Lipinski definition) is 2. The molecule has 2 rings (SSSR count). The molecule has 20 heavy (non-hydrogen) atoms. The summed E-state index contributed by atoms with van der Waals surface area (Å²) in [6, 6.07) is 5.73. The van der Waals surface area contributed by atoms with E-state index in [2.05, 4.69) is 15.9 Å². The smallest absolute Gasteiger partial charge is 0.305 e. The van der Waals surface area contributed by atoms with Crippen LogP contribution in [0.1, 0.15) is 30.4 Å². The molecule has 1 heterocycles. The van der Waals surface area contributed by atoms with E-state index in [1.54, 1.807) is 4.90 Å². The monoisotopic (exact) mass is 339 g/mol. The second-order valence-electron chi connectivity index (χ2n) is 5.24. The summed E-state index contributed by atoms with van der Waals surface area (Å²) in [7, 11) is 0. The molecule has 0 bridgehead atoms. The Bertz CT molecular complexity index is 530. The Balaban J connectivity index is 2.03. The lowest BCUT2D eigenvalue weighted by atomic mass is 10.1. The fourth-order valence-electron chi connectivity index (χ4n) is 2.60. The van der Waals surface area contributed by atoms with Gasteiger partial charge in [-0.3, -0.25) is 9.59 Å². The number of carbonyl (C=O) groups excluding carboxylic acids is 1. The molecule has 0 spiro atoms. The predicted molar refractivity (Wildman–Crippen MR) is 79.6 cm³/mol. The topological polar surface area (TPSA) is 57.6 Å². The van der Waals surface area contributed by atoms with Crippen LogP contribution in [0.15, 0.2) is 22.7 Å². The molecule has 1 atom stereocenters. The number of carbonyl (C=O) groups is 2. The maximum Gasteiger partial charge on any atom is 0.305 e. The minimum Gasteiger partial charge on any atom is -0.481 e. The van der Waals surface area contributed by atoms with Crippen LogP contribution in [0.25, 0.3) is 0 Å². The van der Waals surface area contributed by atoms with Gasteiger partial charge in [-0.2, -0.15) is 0 Å². The average molecular weight is 340 g/mol. The van der Waals surface area contributed by atoms with Crippen molar-refractivity contribution in [3.63, 3.8) is 0 Å². The van der Waals surface area contributed by atoms with E-state index in [0.717, 1.165) is 28.4 Å². The van der Waals surface area contributed by atoms with Gasteiger partial charge in [-0.25, -0.2) is 0 Å². The van der Waals surface area contributed by atoms with Crippen LogP contribution in [0, 0.1) is 6.92 Å². The lowest BCUT2D eigenvalue weighted by Crippen LogP contribution is -2.37. The molecule has 1 fully saturated rings. The zero-order chi connectivity index (χ0) is 14.7. The molecule has 0 radical (unpaired) electrons. The van der Waals surface area contributed by atoms with Crippen molar-refractivity contribution in [2.24, 2.45) is 0 Å². The highest BCUT2D eigenvalue weighted by atomic mass is 79.9. The SMILES string of the molecule is Cc1ccc(CC(=O)N2CCCC2CC(=O)O)cc1Br. The summed E-state index contributed by atoms with van der Waals surface area (Å²) in [5.41, 5.74) is 2.08. The molecule has 108 valence electrons. The first kappa shape index (κ1) is 15.0. The van der Waals surface area contributed by atoms with Crippen molar-refractivity contribution < 1.29 is 14.7 Å². The highest BCUT2D eigenvalue weighted by Gasteiger charge is 2.30. The maximum absolute atomic E-state index is 12.3. The number of rotatable bonds is 4. The van der Waals surface area contributed by atoms with Crippen molar-refractivity contribution >= 4 is 27.8 Å². The second kappa shape index (κ2) is 6.39. The van der Waals surface area contributed by atoms with Crippen LogP contribution in [0.5, 0.6) is 0 Å². The molecule has 1 N–H and O–H groups in total. The van der Waals surface area contributed by atoms with Gasteiger partial charge in [-0.15, -0.1) is 0 Å². The number of amides is 1. The Hall–Kier alpha value is -1.36. The third-order valence-electron chi connectivity index (χ3n) is 3.70. The zero-order valence-corrected chi connectivity index (χ0v) is 13.0. The quantitative estimate of drug-likeness (QED) is 0.917. The van der Waals surface area contributed by atoms with E-state index in [0.29, 0.717) is 13.0 Å². The zero-order valence-electron chi connectivity index (χ0n) is 11.4. The molecule has 5 heteroatoms. The van der Waals surface area contributed by atoms with Gasteiger partial charge in [0.05, 0.1) is 12.8 Å². The first-order valence-electron chi connectivity index (χ1n) is 6.73. The molecule has 0 aromatic heterocycles. The number of halogens is 1. The Kier molecular flexibility index (Phi) is 4.81. The van der Waals surface area contributed by atoms with Crippen molar-refractivity contribution in [3.05, 3.63) is 33.8 Å². The number of aryl methyl sites for hydroxylation is 1. The van der Waals surface area contributed by atoms with Crippen LogP contribution in [0.3, 0.4) is 0 Å². The molecule has 0 saturated carbocycles. The van der Waals surface area contributed by atoms with E-state index in [1.165, 1.54) is 0 Å². The van der Waals surface area contributed by atoms with Crippen molar-refractivity contribution in [3.8, 4) is 0 Å². The highest BCUT2D eigenvalue weighted by molar-refractivity contribution is 9.10. The van der Waals surface area contributed by atoms with Crippen LogP contribution in [0.2, 0.25) is 0 Å². The standard InChI is InChI=1S/C15H18BrNO3/c1-10-4-5-11(7-13(10)16)8-14(18)17-6-2-3-12(17)9-15(19)20/h4-5,7,12H,2-3,6,8-9H2,1H3,(H,19,20). The van der Waals surface area contributed by atoms with E-state index in [-0.39, 0.29) is 18.4 Å². The minimum absolute atomic E-state index is 0.0181. The number of hydrogen-bond donors (Lipinski definition) is 1. The van der Waals surface area contributed by atoms with Gasteiger partial charge in [0.15, 0.2) is 0 Å². The highest BCUT2D eigenvalue weighted by Crippen LogP contribution is 2.23. The summed E-state index contributed by atoms with van der Waals surface area (Å²) in [5.74, 6) is -0.822. The number of nitrogens with zero attached hydrogens (tertiary/aromatic N) is 1. The van der Waals surface area contributed by atoms with Crippen LogP contribution in [-0.4, -0.2) is 34.5 Å². The Morgan fingerprint density at radius 1 is 1.45 bits per heavy atom. The van der Waals surface area contributed by atoms with Gasteiger partial charge in [0.1, 0.15) is 0 Å². The van der Waals surface area contributed by atoms with Gasteiger partial charge in [-0.1, -0.05) is 28.1 Å². The fourth-order valence-corrected chi connectivity index (χ4v) is 3.03. The van der Waals surface area contributed by atoms with Gasteiger partial charge in [0.25, 0.3) is 0 Å². The molecule has 1 aliphatic rings. The van der Waals surface area contributed by atoms with Crippen molar-refractivity contribution in [2.75, 3.05) is 6.54 Å². The summed E-state index contributed by atoms with van der Waals surface area (Å²) < 4.78 is 0.992. The van der Waals surface area contributed by atoms with E-state index in [9.17, 15) is 9.59 Å². The predicted octanol–water partition coefficient (Wildman–Crippen LogP) is 2.77. The van der Waals surface area contributed by atoms with E-state index >= 15 is 0 Å². The minimum atomic E-state index is -0.840. The number of likely N-dealkylation sites (tertiary alicyclic amines) is 1. The van der Waals surface area contributed by atoms with Gasteiger partial charge in [-0.05, 0) is 37.0 Å². The lowest BCUT2D eigenvalue weighted by molar-refractivity contribution is -0.139. The molecule has 1 aliphatic heterocycles.